The van der Waals surface area contributed by atoms with Gasteiger partial charge in [-0.15, -0.1) is 0 Å². The molecule has 2 N–H and O–H groups in total. The molecule has 0 amide bonds. The number of rotatable bonds is 9. The number of nitrogens with zero attached hydrogens (tertiary/aromatic N) is 2. The zero-order valence-corrected chi connectivity index (χ0v) is 29.7. The summed E-state index contributed by atoms with van der Waals surface area (Å²) in [6.07, 6.45) is 21.5. The van der Waals surface area contributed by atoms with Gasteiger partial charge in [-0.3, -0.25) is 9.11 Å². The third-order valence-corrected chi connectivity index (χ3v) is 10.4. The van der Waals surface area contributed by atoms with E-state index in [0.29, 0.717) is 11.1 Å². The average molecular weight is 676 g/mol. The molecular formula is C37H43N2O6S2+. The minimum atomic E-state index is -4.33. The van der Waals surface area contributed by atoms with Gasteiger partial charge in [-0.05, 0) is 85.9 Å². The van der Waals surface area contributed by atoms with Crippen molar-refractivity contribution in [1.29, 1.82) is 0 Å². The van der Waals surface area contributed by atoms with E-state index in [1.807, 2.05) is 70.5 Å². The number of benzene rings is 2. The molecule has 0 spiro atoms. The fraction of sp³-hybridized carbons (Fsp3) is 0.270. The molecule has 0 aromatic heterocycles. The van der Waals surface area contributed by atoms with E-state index in [4.69, 9.17) is 0 Å². The number of hydrogen-bond donors (Lipinski definition) is 2. The molecule has 0 saturated carbocycles. The molecule has 2 aromatic rings. The highest BCUT2D eigenvalue weighted by molar-refractivity contribution is 7.86. The second-order valence-corrected chi connectivity index (χ2v) is 15.5. The van der Waals surface area contributed by atoms with Gasteiger partial charge in [-0.25, -0.2) is 4.58 Å². The molecule has 47 heavy (non-hydrogen) atoms. The summed E-state index contributed by atoms with van der Waals surface area (Å²) in [6.45, 7) is 12.2. The van der Waals surface area contributed by atoms with Gasteiger partial charge in [0.25, 0.3) is 20.2 Å². The molecule has 0 radical (unpaired) electrons. The van der Waals surface area contributed by atoms with Gasteiger partial charge in [0.1, 0.15) is 7.05 Å². The van der Waals surface area contributed by atoms with Crippen LogP contribution in [-0.2, 0) is 20.2 Å². The maximum Gasteiger partial charge on any atom is 0.294 e. The Balaban J connectivity index is 1.58. The molecule has 0 unspecified atom stereocenters. The summed E-state index contributed by atoms with van der Waals surface area (Å²) in [5.74, 6) is 0. The summed E-state index contributed by atoms with van der Waals surface area (Å²) in [4.78, 5) is 1.77. The lowest BCUT2D eigenvalue weighted by molar-refractivity contribution is -0.418. The van der Waals surface area contributed by atoms with E-state index >= 15 is 0 Å². The molecule has 0 bridgehead atoms. The van der Waals surface area contributed by atoms with E-state index in [-0.39, 0.29) is 9.79 Å². The Morgan fingerprint density at radius 2 is 1.23 bits per heavy atom. The van der Waals surface area contributed by atoms with Crippen LogP contribution in [0.1, 0.15) is 63.8 Å². The normalized spacial score (nSPS) is 19.4. The van der Waals surface area contributed by atoms with E-state index in [1.165, 1.54) is 24.3 Å². The van der Waals surface area contributed by atoms with Gasteiger partial charge in [0, 0.05) is 36.0 Å². The Hall–Kier alpha value is -4.09. The third kappa shape index (κ3) is 7.26. The van der Waals surface area contributed by atoms with Crippen molar-refractivity contribution >= 4 is 49.2 Å². The van der Waals surface area contributed by atoms with Crippen LogP contribution in [0.25, 0.3) is 23.3 Å². The summed E-state index contributed by atoms with van der Waals surface area (Å²) < 4.78 is 68.3. The summed E-state index contributed by atoms with van der Waals surface area (Å²) in [7, 11) is -4.69. The molecule has 0 fully saturated rings. The number of allylic oxidation sites excluding steroid dienone is 9. The SMILES string of the molecule is C/C=C\c1cc(S(=O)(=O)O)ccc1C1=C[N+](C)=C(/C=C/C=C/C=C2/N(C)C=C(c3ccc(S(=O)(=O)O)cc3/C=C\C)C2(C)C)C1(C)C. The molecule has 0 atom stereocenters. The van der Waals surface area contributed by atoms with Gasteiger partial charge in [-0.1, -0.05) is 68.5 Å². The molecule has 2 heterocycles. The van der Waals surface area contributed by atoms with Gasteiger partial charge in [-0.2, -0.15) is 16.8 Å². The van der Waals surface area contributed by atoms with Crippen LogP contribution in [0.15, 0.2) is 107 Å². The average Bonchev–Trinajstić information content (AvgIpc) is 3.33. The van der Waals surface area contributed by atoms with Crippen molar-refractivity contribution in [3.8, 4) is 0 Å². The smallest absolute Gasteiger partial charge is 0.294 e. The van der Waals surface area contributed by atoms with Crippen LogP contribution < -0.4 is 0 Å². The Labute approximate surface area is 279 Å². The first kappa shape index (κ1) is 35.8. The number of hydrogen-bond acceptors (Lipinski definition) is 5. The van der Waals surface area contributed by atoms with Gasteiger partial charge < -0.3 is 4.90 Å². The molecule has 0 saturated heterocycles. The Morgan fingerprint density at radius 1 is 0.723 bits per heavy atom. The molecule has 2 aromatic carbocycles. The van der Waals surface area contributed by atoms with Crippen molar-refractivity contribution in [2.45, 2.75) is 51.3 Å². The quantitative estimate of drug-likeness (QED) is 0.159. The van der Waals surface area contributed by atoms with E-state index < -0.39 is 31.1 Å². The fourth-order valence-electron chi connectivity index (χ4n) is 6.36. The fourth-order valence-corrected chi connectivity index (χ4v) is 7.39. The predicted molar refractivity (Wildman–Crippen MR) is 191 cm³/mol. The van der Waals surface area contributed by atoms with Crippen molar-refractivity contribution in [1.82, 2.24) is 4.90 Å². The van der Waals surface area contributed by atoms with Crippen LogP contribution in [0.3, 0.4) is 0 Å². The third-order valence-electron chi connectivity index (χ3n) is 8.68. The highest BCUT2D eigenvalue weighted by Gasteiger charge is 2.41. The first-order chi connectivity index (χ1) is 21.8. The van der Waals surface area contributed by atoms with Crippen molar-refractivity contribution < 1.29 is 30.5 Å². The van der Waals surface area contributed by atoms with E-state index in [9.17, 15) is 25.9 Å². The molecule has 2 aliphatic heterocycles. The van der Waals surface area contributed by atoms with Crippen LogP contribution in [0.5, 0.6) is 0 Å². The van der Waals surface area contributed by atoms with Crippen molar-refractivity contribution in [3.05, 3.63) is 119 Å². The topological polar surface area (TPSA) is 115 Å². The summed E-state index contributed by atoms with van der Waals surface area (Å²) in [5, 5.41) is 0. The van der Waals surface area contributed by atoms with Crippen LogP contribution in [0, 0.1) is 10.8 Å². The predicted octanol–water partition coefficient (Wildman–Crippen LogP) is 7.72. The minimum Gasteiger partial charge on any atom is -0.353 e. The summed E-state index contributed by atoms with van der Waals surface area (Å²) in [5.41, 5.74) is 6.55. The Kier molecular flexibility index (Phi) is 10.0. The summed E-state index contributed by atoms with van der Waals surface area (Å²) >= 11 is 0. The van der Waals surface area contributed by atoms with Crippen molar-refractivity contribution in [3.63, 3.8) is 0 Å². The van der Waals surface area contributed by atoms with Crippen LogP contribution in [0.2, 0.25) is 0 Å². The largest absolute Gasteiger partial charge is 0.353 e. The molecule has 4 rings (SSSR count). The highest BCUT2D eigenvalue weighted by atomic mass is 32.2. The molecule has 2 aliphatic rings. The van der Waals surface area contributed by atoms with Gasteiger partial charge in [0.2, 0.25) is 0 Å². The first-order valence-electron chi connectivity index (χ1n) is 15.2. The van der Waals surface area contributed by atoms with E-state index in [0.717, 1.165) is 33.7 Å². The Bertz CT molecular complexity index is 2070. The van der Waals surface area contributed by atoms with Crippen LogP contribution >= 0.6 is 0 Å². The lowest BCUT2D eigenvalue weighted by atomic mass is 9.77. The van der Waals surface area contributed by atoms with Gasteiger partial charge >= 0.3 is 0 Å². The molecule has 8 nitrogen and oxygen atoms in total. The highest BCUT2D eigenvalue weighted by Crippen LogP contribution is 2.48. The molecule has 248 valence electrons. The minimum absolute atomic E-state index is 0.144. The van der Waals surface area contributed by atoms with Gasteiger partial charge in [0.15, 0.2) is 11.9 Å². The second-order valence-electron chi connectivity index (χ2n) is 12.7. The lowest BCUT2D eigenvalue weighted by Gasteiger charge is -2.27. The zero-order chi connectivity index (χ0) is 34.9. The van der Waals surface area contributed by atoms with E-state index in [2.05, 4.69) is 61.7 Å². The maximum atomic E-state index is 11.8. The lowest BCUT2D eigenvalue weighted by Crippen LogP contribution is -2.24. The molecule has 0 aliphatic carbocycles. The van der Waals surface area contributed by atoms with Crippen LogP contribution in [0.4, 0.5) is 0 Å². The van der Waals surface area contributed by atoms with Crippen molar-refractivity contribution in [2.75, 3.05) is 14.1 Å². The maximum absolute atomic E-state index is 11.8. The second kappa shape index (κ2) is 13.2. The molecule has 10 heteroatoms. The van der Waals surface area contributed by atoms with Crippen LogP contribution in [-0.4, -0.2) is 55.2 Å². The van der Waals surface area contributed by atoms with Crippen molar-refractivity contribution in [2.24, 2.45) is 10.8 Å². The monoisotopic (exact) mass is 675 g/mol. The summed E-state index contributed by atoms with van der Waals surface area (Å²) in [6, 6.07) is 9.32. The first-order valence-corrected chi connectivity index (χ1v) is 18.0. The van der Waals surface area contributed by atoms with E-state index in [1.54, 1.807) is 12.1 Å². The van der Waals surface area contributed by atoms with Gasteiger partial charge in [0.05, 0.1) is 15.2 Å². The standard InChI is InChI=1S/C37H42N2O6S2/c1-9-14-26-22-28(46(40,41)42)18-20-30(26)32-24-38(7)34(36(32,3)4)16-12-11-13-17-35-37(5,6)33(25-39(35)8)31-21-19-29(47(43,44)45)23-27(31)15-10-2/h9-25H,1-8H3,(H-,40,41,42,43,44,45)/p+1/b14-9-,15-10-. The Morgan fingerprint density at radius 3 is 1.72 bits per heavy atom. The molecular weight excluding hydrogens is 633 g/mol. The zero-order valence-electron chi connectivity index (χ0n) is 28.1.